The Morgan fingerprint density at radius 2 is 2.00 bits per heavy atom. The maximum Gasteiger partial charge on any atom is 0.237 e. The number of nitriles is 1. The van der Waals surface area contributed by atoms with Crippen LogP contribution in [0.3, 0.4) is 0 Å². The van der Waals surface area contributed by atoms with Gasteiger partial charge >= 0.3 is 0 Å². The van der Waals surface area contributed by atoms with Crippen LogP contribution < -0.4 is 10.2 Å². The van der Waals surface area contributed by atoms with Crippen molar-refractivity contribution in [3.63, 3.8) is 0 Å². The summed E-state index contributed by atoms with van der Waals surface area (Å²) in [6.07, 6.45) is 5.94. The Balaban J connectivity index is 1.48. The number of piperidine rings is 1. The molecule has 28 heavy (non-hydrogen) atoms. The third kappa shape index (κ3) is 3.99. The number of carbonyl (C=O) groups is 1. The number of benzene rings is 1. The van der Waals surface area contributed by atoms with Gasteiger partial charge in [0.2, 0.25) is 11.9 Å². The predicted octanol–water partition coefficient (Wildman–Crippen LogP) is 3.59. The first-order valence-electron chi connectivity index (χ1n) is 9.84. The molecule has 1 aliphatic heterocycles. The molecular weight excluding hydrogens is 372 g/mol. The van der Waals surface area contributed by atoms with Gasteiger partial charge in [0.1, 0.15) is 6.07 Å². The van der Waals surface area contributed by atoms with Gasteiger partial charge in [-0.25, -0.2) is 0 Å². The number of carbonyl (C=O) groups excluding carboxylic acids is 1. The molecule has 1 aliphatic carbocycles. The lowest BCUT2D eigenvalue weighted by Gasteiger charge is -2.28. The van der Waals surface area contributed by atoms with E-state index in [1.165, 1.54) is 31.0 Å². The topological polar surface area (TPSA) is 86.8 Å². The van der Waals surface area contributed by atoms with Gasteiger partial charge in [-0.2, -0.15) is 5.26 Å². The normalized spacial score (nSPS) is 17.8. The molecule has 2 aromatic rings. The largest absolute Gasteiger partial charge is 0.341 e. The average molecular weight is 397 g/mol. The van der Waals surface area contributed by atoms with Gasteiger partial charge in [0.25, 0.3) is 0 Å². The van der Waals surface area contributed by atoms with Gasteiger partial charge < -0.3 is 10.2 Å². The van der Waals surface area contributed by atoms with Crippen LogP contribution >= 0.6 is 11.8 Å². The van der Waals surface area contributed by atoms with Gasteiger partial charge in [-0.1, -0.05) is 23.9 Å². The Kier molecular flexibility index (Phi) is 5.53. The van der Waals surface area contributed by atoms with E-state index < -0.39 is 0 Å². The number of hydrogen-bond acceptors (Lipinski definition) is 6. The zero-order chi connectivity index (χ0) is 19.5. The molecule has 2 aliphatic rings. The van der Waals surface area contributed by atoms with Gasteiger partial charge in [0.15, 0.2) is 5.16 Å². The molecular formula is C20H24N6OS. The number of hydrogen-bond donors (Lipinski definition) is 1. The molecule has 1 amide bonds. The maximum atomic E-state index is 12.7. The van der Waals surface area contributed by atoms with Crippen LogP contribution in [0.1, 0.15) is 50.6 Å². The van der Waals surface area contributed by atoms with E-state index in [0.717, 1.165) is 37.0 Å². The van der Waals surface area contributed by atoms with Crippen molar-refractivity contribution >= 4 is 29.3 Å². The summed E-state index contributed by atoms with van der Waals surface area (Å²) in [5.41, 5.74) is 1.00. The van der Waals surface area contributed by atoms with Crippen LogP contribution in [-0.2, 0) is 4.79 Å². The smallest absolute Gasteiger partial charge is 0.237 e. The van der Waals surface area contributed by atoms with Crippen LogP contribution in [0.5, 0.6) is 0 Å². The van der Waals surface area contributed by atoms with Crippen LogP contribution in [0.15, 0.2) is 29.4 Å². The first-order valence-corrected chi connectivity index (χ1v) is 10.7. The van der Waals surface area contributed by atoms with Crippen molar-refractivity contribution in [2.24, 2.45) is 0 Å². The fourth-order valence-corrected chi connectivity index (χ4v) is 4.36. The second-order valence-corrected chi connectivity index (χ2v) is 8.65. The molecule has 0 unspecified atom stereocenters. The van der Waals surface area contributed by atoms with Crippen molar-refractivity contribution in [3.8, 4) is 6.07 Å². The molecule has 1 atom stereocenters. The van der Waals surface area contributed by atoms with E-state index in [0.29, 0.717) is 17.3 Å². The van der Waals surface area contributed by atoms with E-state index in [1.54, 1.807) is 18.2 Å². The number of amides is 1. The second kappa shape index (κ2) is 8.23. The van der Waals surface area contributed by atoms with E-state index in [-0.39, 0.29) is 11.2 Å². The van der Waals surface area contributed by atoms with Gasteiger partial charge in [-0.3, -0.25) is 9.36 Å². The van der Waals surface area contributed by atoms with Crippen LogP contribution in [-0.4, -0.2) is 39.0 Å². The number of nitrogens with one attached hydrogen (secondary N) is 1. The van der Waals surface area contributed by atoms with E-state index in [2.05, 4.69) is 31.1 Å². The summed E-state index contributed by atoms with van der Waals surface area (Å²) in [5, 5.41) is 21.4. The van der Waals surface area contributed by atoms with Crippen molar-refractivity contribution in [1.29, 1.82) is 5.26 Å². The minimum absolute atomic E-state index is 0.141. The van der Waals surface area contributed by atoms with Crippen LogP contribution in [0.2, 0.25) is 0 Å². The SMILES string of the molecule is C[C@@H](Sc1nnc(N2CCCCC2)n1C1CC1)C(=O)Nc1ccccc1C#N. The highest BCUT2D eigenvalue weighted by atomic mass is 32.2. The molecule has 2 fully saturated rings. The highest BCUT2D eigenvalue weighted by Crippen LogP contribution is 2.42. The quantitative estimate of drug-likeness (QED) is 0.751. The Labute approximate surface area is 169 Å². The van der Waals surface area contributed by atoms with Gasteiger partial charge in [-0.05, 0) is 51.2 Å². The van der Waals surface area contributed by atoms with Gasteiger partial charge in [-0.15, -0.1) is 10.2 Å². The summed E-state index contributed by atoms with van der Waals surface area (Å²) in [5.74, 6) is 0.810. The van der Waals surface area contributed by atoms with Crippen molar-refractivity contribution < 1.29 is 4.79 Å². The van der Waals surface area contributed by atoms with Crippen LogP contribution in [0, 0.1) is 11.3 Å². The maximum absolute atomic E-state index is 12.7. The number of thioether (sulfide) groups is 1. The van der Waals surface area contributed by atoms with E-state index in [9.17, 15) is 10.1 Å². The van der Waals surface area contributed by atoms with E-state index in [1.807, 2.05) is 13.0 Å². The molecule has 1 aromatic heterocycles. The third-order valence-corrected chi connectivity index (χ3v) is 6.21. The number of nitrogens with zero attached hydrogens (tertiary/aromatic N) is 5. The predicted molar refractivity (Wildman–Crippen MR) is 109 cm³/mol. The lowest BCUT2D eigenvalue weighted by molar-refractivity contribution is -0.115. The number of para-hydroxylation sites is 1. The standard InChI is InChI=1S/C20H24N6OS/c1-14(18(27)22-17-8-4-3-7-15(17)13-21)28-20-24-23-19(26(20)16-9-10-16)25-11-5-2-6-12-25/h3-4,7-8,14,16H,2,5-6,9-12H2,1H3,(H,22,27)/t14-/m1/s1. The highest BCUT2D eigenvalue weighted by molar-refractivity contribution is 8.00. The Hall–Kier alpha value is -2.53. The molecule has 1 N–H and O–H groups in total. The molecule has 4 rings (SSSR count). The fourth-order valence-electron chi connectivity index (χ4n) is 3.45. The van der Waals surface area contributed by atoms with Crippen molar-refractivity contribution in [2.75, 3.05) is 23.3 Å². The first kappa shape index (κ1) is 18.8. The van der Waals surface area contributed by atoms with E-state index in [4.69, 9.17) is 0 Å². The Bertz CT molecular complexity index is 894. The molecule has 0 spiro atoms. The minimum Gasteiger partial charge on any atom is -0.341 e. The number of anilines is 2. The summed E-state index contributed by atoms with van der Waals surface area (Å²) in [4.78, 5) is 15.0. The van der Waals surface area contributed by atoms with Crippen molar-refractivity contribution in [3.05, 3.63) is 29.8 Å². The van der Waals surface area contributed by atoms with Gasteiger partial charge in [0.05, 0.1) is 16.5 Å². The van der Waals surface area contributed by atoms with E-state index >= 15 is 0 Å². The first-order chi connectivity index (χ1) is 13.7. The number of aromatic nitrogens is 3. The van der Waals surface area contributed by atoms with Crippen molar-refractivity contribution in [1.82, 2.24) is 14.8 Å². The van der Waals surface area contributed by atoms with Gasteiger partial charge in [0, 0.05) is 19.1 Å². The fraction of sp³-hybridized carbons (Fsp3) is 0.500. The lowest BCUT2D eigenvalue weighted by Crippen LogP contribution is -2.32. The van der Waals surface area contributed by atoms with Crippen LogP contribution in [0.25, 0.3) is 0 Å². The molecule has 0 bridgehead atoms. The minimum atomic E-state index is -0.345. The molecule has 2 heterocycles. The zero-order valence-corrected chi connectivity index (χ0v) is 16.8. The Morgan fingerprint density at radius 3 is 2.71 bits per heavy atom. The van der Waals surface area contributed by atoms with Crippen molar-refractivity contribution in [2.45, 2.75) is 55.5 Å². The summed E-state index contributed by atoms with van der Waals surface area (Å²) in [6, 6.07) is 9.59. The third-order valence-electron chi connectivity index (χ3n) is 5.15. The summed E-state index contributed by atoms with van der Waals surface area (Å²) in [7, 11) is 0. The Morgan fingerprint density at radius 1 is 1.25 bits per heavy atom. The molecule has 8 heteroatoms. The second-order valence-electron chi connectivity index (χ2n) is 7.34. The molecule has 1 aromatic carbocycles. The summed E-state index contributed by atoms with van der Waals surface area (Å²) >= 11 is 1.43. The average Bonchev–Trinajstić information content (AvgIpc) is 3.49. The molecule has 7 nitrogen and oxygen atoms in total. The lowest BCUT2D eigenvalue weighted by atomic mass is 10.1. The van der Waals surface area contributed by atoms with Crippen LogP contribution in [0.4, 0.5) is 11.6 Å². The summed E-state index contributed by atoms with van der Waals surface area (Å²) in [6.45, 7) is 3.91. The molecule has 1 saturated heterocycles. The molecule has 146 valence electrons. The molecule has 1 saturated carbocycles. The highest BCUT2D eigenvalue weighted by Gasteiger charge is 2.33. The zero-order valence-electron chi connectivity index (χ0n) is 16.0. The summed E-state index contributed by atoms with van der Waals surface area (Å²) < 4.78 is 2.23. The molecule has 0 radical (unpaired) electrons. The monoisotopic (exact) mass is 396 g/mol. The number of rotatable bonds is 6.